The van der Waals surface area contributed by atoms with Gasteiger partial charge in [0.1, 0.15) is 0 Å². The molecule has 6 nitrogen and oxygen atoms in total. The van der Waals surface area contributed by atoms with E-state index in [0.29, 0.717) is 30.4 Å². The summed E-state index contributed by atoms with van der Waals surface area (Å²) in [5.41, 5.74) is -5.04. The van der Waals surface area contributed by atoms with Gasteiger partial charge in [-0.25, -0.2) is 8.42 Å². The minimum absolute atomic E-state index is 0.00651. The topological polar surface area (TPSA) is 81.7 Å². The zero-order valence-corrected chi connectivity index (χ0v) is 15.9. The Morgan fingerprint density at radius 1 is 0.964 bits per heavy atom. The van der Waals surface area contributed by atoms with E-state index in [0.717, 1.165) is 24.3 Å². The zero-order valence-electron chi connectivity index (χ0n) is 15.0. The molecule has 0 aliphatic carbocycles. The number of hydrogen-bond acceptors (Lipinski definition) is 5. The summed E-state index contributed by atoms with van der Waals surface area (Å²) in [7, 11) is -5.46. The number of benzene rings is 2. The fraction of sp³-hybridized carbons (Fsp3) is 0.278. The molecule has 2 aromatic rings. The number of alkyl halides is 3. The van der Waals surface area contributed by atoms with Gasteiger partial charge in [-0.15, -0.1) is 0 Å². The van der Waals surface area contributed by atoms with Crippen molar-refractivity contribution in [2.75, 3.05) is 18.5 Å². The molecule has 0 spiro atoms. The van der Waals surface area contributed by atoms with Crippen molar-refractivity contribution in [3.8, 4) is 11.5 Å². The Bertz CT molecular complexity index is 941. The average Bonchev–Trinajstić information content (AvgIpc) is 2.63. The Hall–Kier alpha value is -2.75. The Balaban J connectivity index is 2.20. The third kappa shape index (κ3) is 4.75. The summed E-state index contributed by atoms with van der Waals surface area (Å²) in [6.07, 6.45) is 0. The Morgan fingerprint density at radius 3 is 2.07 bits per heavy atom. The number of rotatable bonds is 7. The zero-order chi connectivity index (χ0) is 20.9. The summed E-state index contributed by atoms with van der Waals surface area (Å²) in [5.74, 6) is 0.306. The minimum atomic E-state index is -5.46. The second-order valence-corrected chi connectivity index (χ2v) is 7.40. The van der Waals surface area contributed by atoms with Gasteiger partial charge in [-0.3, -0.25) is 4.79 Å². The minimum Gasteiger partial charge on any atom is -0.490 e. The lowest BCUT2D eigenvalue weighted by Crippen LogP contribution is -2.23. The van der Waals surface area contributed by atoms with Crippen LogP contribution in [0.5, 0.6) is 11.5 Å². The first-order valence-corrected chi connectivity index (χ1v) is 9.71. The second kappa shape index (κ2) is 8.51. The molecule has 1 amide bonds. The molecule has 0 fully saturated rings. The summed E-state index contributed by atoms with van der Waals surface area (Å²) in [4.78, 5) is 11.4. The summed E-state index contributed by atoms with van der Waals surface area (Å²) >= 11 is 0. The highest BCUT2D eigenvalue weighted by molar-refractivity contribution is 7.92. The predicted molar refractivity (Wildman–Crippen MR) is 96.4 cm³/mol. The standard InChI is InChI=1S/C18H18F3NO5S/c1-3-26-15-10-7-13(11-16(15)27-4-2)22-17(23)12-5-8-14(9-6-12)28(24,25)18(19,20)21/h5-11H,3-4H2,1-2H3,(H,22,23). The molecule has 28 heavy (non-hydrogen) atoms. The van der Waals surface area contributed by atoms with Crippen molar-refractivity contribution in [3.05, 3.63) is 48.0 Å². The van der Waals surface area contributed by atoms with Crippen LogP contribution < -0.4 is 14.8 Å². The SMILES string of the molecule is CCOc1ccc(NC(=O)c2ccc(S(=O)(=O)C(F)(F)F)cc2)cc1OCC. The third-order valence-corrected chi connectivity index (χ3v) is 5.03. The lowest BCUT2D eigenvalue weighted by molar-refractivity contribution is -0.0436. The molecule has 0 aliphatic rings. The van der Waals surface area contributed by atoms with Crippen LogP contribution in [-0.2, 0) is 9.84 Å². The van der Waals surface area contributed by atoms with Crippen LogP contribution in [0.25, 0.3) is 0 Å². The fourth-order valence-corrected chi connectivity index (χ4v) is 3.01. The maximum absolute atomic E-state index is 12.6. The molecule has 0 saturated heterocycles. The van der Waals surface area contributed by atoms with E-state index < -0.39 is 26.1 Å². The number of anilines is 1. The summed E-state index contributed by atoms with van der Waals surface area (Å²) in [5, 5.41) is 2.57. The highest BCUT2D eigenvalue weighted by Crippen LogP contribution is 2.32. The molecule has 2 aromatic carbocycles. The first-order chi connectivity index (χ1) is 13.1. The maximum atomic E-state index is 12.6. The van der Waals surface area contributed by atoms with Gasteiger partial charge in [0.25, 0.3) is 15.7 Å². The highest BCUT2D eigenvalue weighted by Gasteiger charge is 2.46. The van der Waals surface area contributed by atoms with Crippen molar-refractivity contribution in [1.29, 1.82) is 0 Å². The molecule has 10 heteroatoms. The summed E-state index contributed by atoms with van der Waals surface area (Å²) in [6, 6.07) is 8.23. The van der Waals surface area contributed by atoms with Crippen LogP contribution in [0, 0.1) is 0 Å². The van der Waals surface area contributed by atoms with Gasteiger partial charge in [0.2, 0.25) is 0 Å². The van der Waals surface area contributed by atoms with Crippen LogP contribution >= 0.6 is 0 Å². The first kappa shape index (κ1) is 21.5. The smallest absolute Gasteiger partial charge is 0.490 e. The molecule has 1 N–H and O–H groups in total. The number of hydrogen-bond donors (Lipinski definition) is 1. The number of nitrogens with one attached hydrogen (secondary N) is 1. The number of amides is 1. The number of carbonyl (C=O) groups excluding carboxylic acids is 1. The van der Waals surface area contributed by atoms with Crippen molar-refractivity contribution in [2.24, 2.45) is 0 Å². The van der Waals surface area contributed by atoms with Crippen LogP contribution in [0.1, 0.15) is 24.2 Å². The number of sulfone groups is 1. The van der Waals surface area contributed by atoms with E-state index in [-0.39, 0.29) is 5.56 Å². The van der Waals surface area contributed by atoms with Crippen molar-refractivity contribution < 1.29 is 35.9 Å². The molecular formula is C18H18F3NO5S. The number of halogens is 3. The fourth-order valence-electron chi connectivity index (χ4n) is 2.25. The second-order valence-electron chi connectivity index (χ2n) is 5.46. The van der Waals surface area contributed by atoms with Crippen molar-refractivity contribution >= 4 is 21.4 Å². The summed E-state index contributed by atoms with van der Waals surface area (Å²) in [6.45, 7) is 4.41. The molecule has 0 atom stereocenters. The molecule has 152 valence electrons. The van der Waals surface area contributed by atoms with E-state index >= 15 is 0 Å². The van der Waals surface area contributed by atoms with E-state index in [1.807, 2.05) is 6.92 Å². The molecule has 0 bridgehead atoms. The van der Waals surface area contributed by atoms with Crippen LogP contribution in [0.3, 0.4) is 0 Å². The van der Waals surface area contributed by atoms with Crippen LogP contribution in [0.4, 0.5) is 18.9 Å². The monoisotopic (exact) mass is 417 g/mol. The molecule has 0 radical (unpaired) electrons. The van der Waals surface area contributed by atoms with Gasteiger partial charge >= 0.3 is 5.51 Å². The van der Waals surface area contributed by atoms with E-state index in [4.69, 9.17) is 9.47 Å². The Kier molecular flexibility index (Phi) is 6.55. The average molecular weight is 417 g/mol. The van der Waals surface area contributed by atoms with Gasteiger partial charge in [0, 0.05) is 17.3 Å². The van der Waals surface area contributed by atoms with Crippen molar-refractivity contribution in [2.45, 2.75) is 24.3 Å². The van der Waals surface area contributed by atoms with E-state index in [9.17, 15) is 26.4 Å². The van der Waals surface area contributed by atoms with E-state index in [2.05, 4.69) is 5.32 Å². The maximum Gasteiger partial charge on any atom is 0.501 e. The number of ether oxygens (including phenoxy) is 2. The van der Waals surface area contributed by atoms with Crippen LogP contribution in [0.15, 0.2) is 47.4 Å². The van der Waals surface area contributed by atoms with E-state index in [1.165, 1.54) is 0 Å². The Morgan fingerprint density at radius 2 is 1.54 bits per heavy atom. The molecule has 0 unspecified atom stereocenters. The quantitative estimate of drug-likeness (QED) is 0.736. The first-order valence-electron chi connectivity index (χ1n) is 8.22. The van der Waals surface area contributed by atoms with Crippen molar-refractivity contribution in [1.82, 2.24) is 0 Å². The van der Waals surface area contributed by atoms with Gasteiger partial charge in [0.05, 0.1) is 18.1 Å². The van der Waals surface area contributed by atoms with Crippen molar-refractivity contribution in [3.63, 3.8) is 0 Å². The van der Waals surface area contributed by atoms with Crippen LogP contribution in [0.2, 0.25) is 0 Å². The largest absolute Gasteiger partial charge is 0.501 e. The van der Waals surface area contributed by atoms with Gasteiger partial charge < -0.3 is 14.8 Å². The summed E-state index contributed by atoms with van der Waals surface area (Å²) < 4.78 is 71.3. The Labute approximate surface area is 160 Å². The lowest BCUT2D eigenvalue weighted by Gasteiger charge is -2.13. The third-order valence-electron chi connectivity index (χ3n) is 3.53. The highest BCUT2D eigenvalue weighted by atomic mass is 32.2. The van der Waals surface area contributed by atoms with Gasteiger partial charge in [-0.05, 0) is 50.2 Å². The lowest BCUT2D eigenvalue weighted by atomic mass is 10.2. The molecule has 0 aliphatic heterocycles. The normalized spacial score (nSPS) is 11.8. The number of carbonyl (C=O) groups is 1. The van der Waals surface area contributed by atoms with Gasteiger partial charge in [0.15, 0.2) is 11.5 Å². The predicted octanol–water partition coefficient (Wildman–Crippen LogP) is 4.03. The van der Waals surface area contributed by atoms with Crippen LogP contribution in [-0.4, -0.2) is 33.0 Å². The molecule has 2 rings (SSSR count). The molecule has 0 saturated carbocycles. The van der Waals surface area contributed by atoms with E-state index in [1.54, 1.807) is 25.1 Å². The molecule has 0 aromatic heterocycles. The molecule has 0 heterocycles. The molecular weight excluding hydrogens is 399 g/mol. The van der Waals surface area contributed by atoms with Gasteiger partial charge in [-0.1, -0.05) is 0 Å². The van der Waals surface area contributed by atoms with Gasteiger partial charge in [-0.2, -0.15) is 13.2 Å².